The van der Waals surface area contributed by atoms with Crippen LogP contribution in [0.5, 0.6) is 0 Å². The van der Waals surface area contributed by atoms with Gasteiger partial charge in [-0.15, -0.1) is 0 Å². The molecule has 20 heavy (non-hydrogen) atoms. The van der Waals surface area contributed by atoms with Gasteiger partial charge in [-0.2, -0.15) is 0 Å². The predicted molar refractivity (Wildman–Crippen MR) is 80.1 cm³/mol. The van der Waals surface area contributed by atoms with E-state index in [0.29, 0.717) is 6.54 Å². The van der Waals surface area contributed by atoms with Crippen LogP contribution in [0.15, 0.2) is 60.2 Å². The number of carboxylic acid groups (broad SMARTS) is 1. The van der Waals surface area contributed by atoms with Crippen molar-refractivity contribution in [3.8, 4) is 6.07 Å². The summed E-state index contributed by atoms with van der Waals surface area (Å²) < 4.78 is 0. The van der Waals surface area contributed by atoms with E-state index < -0.39 is 5.97 Å². The second-order valence-corrected chi connectivity index (χ2v) is 4.02. The quantitative estimate of drug-likeness (QED) is 0.468. The Morgan fingerprint density at radius 2 is 2.10 bits per heavy atom. The maximum Gasteiger partial charge on any atom is 0.303 e. The summed E-state index contributed by atoms with van der Waals surface area (Å²) in [7, 11) is 0. The molecule has 1 aromatic rings. The van der Waals surface area contributed by atoms with Crippen molar-refractivity contribution in [2.45, 2.75) is 13.3 Å². The molecule has 102 valence electrons. The molecule has 1 aromatic carbocycles. The summed E-state index contributed by atoms with van der Waals surface area (Å²) in [5.74, 6) is -1.23. The molecule has 0 saturated heterocycles. The van der Waals surface area contributed by atoms with Crippen LogP contribution < -0.4 is 5.11 Å². The van der Waals surface area contributed by atoms with Crippen molar-refractivity contribution >= 4 is 12.0 Å². The van der Waals surface area contributed by atoms with Crippen LogP contribution in [0.3, 0.4) is 0 Å². The molecule has 1 rings (SSSR count). The number of rotatable bonds is 5. The first-order chi connectivity index (χ1) is 9.74. The summed E-state index contributed by atoms with van der Waals surface area (Å²) in [5.41, 5.74) is 1.08. The lowest BCUT2D eigenvalue weighted by molar-refractivity contribution is -0.298. The summed E-state index contributed by atoms with van der Waals surface area (Å²) >= 11 is 0. The topological polar surface area (TPSA) is 44.5 Å². The third-order valence-electron chi connectivity index (χ3n) is 2.36. The first-order valence-electron chi connectivity index (χ1n) is 6.47. The molecule has 0 unspecified atom stereocenters. The molecule has 0 radical (unpaired) electrons. The predicted octanol–water partition coefficient (Wildman–Crippen LogP) is 2.68. The molecular weight excluding hydrogens is 250 g/mol. The fraction of sp³-hybridized carbons (Fsp3) is 0.176. The van der Waals surface area contributed by atoms with Crippen LogP contribution in [-0.2, 0) is 4.79 Å². The van der Waals surface area contributed by atoms with Gasteiger partial charge in [0.1, 0.15) is 0 Å². The average molecular weight is 267 g/mol. The van der Waals surface area contributed by atoms with E-state index in [1.54, 1.807) is 6.08 Å². The molecule has 0 aliphatic carbocycles. The van der Waals surface area contributed by atoms with E-state index >= 15 is 0 Å². The minimum Gasteiger partial charge on any atom is -0.545 e. The Morgan fingerprint density at radius 3 is 2.75 bits per heavy atom. The number of nitrogens with zero attached hydrogens (tertiary/aromatic N) is 1. The second kappa shape index (κ2) is 9.35. The first kappa shape index (κ1) is 15.5. The van der Waals surface area contributed by atoms with E-state index in [2.05, 4.69) is 10.9 Å². The van der Waals surface area contributed by atoms with Gasteiger partial charge in [-0.25, -0.2) is 0 Å². The largest absolute Gasteiger partial charge is 0.545 e. The molecule has 0 amide bonds. The summed E-state index contributed by atoms with van der Waals surface area (Å²) in [6, 6.07) is 12.3. The highest BCUT2D eigenvalue weighted by Gasteiger charge is 1.91. The van der Waals surface area contributed by atoms with Gasteiger partial charge in [0.15, 0.2) is 0 Å². The van der Waals surface area contributed by atoms with Crippen LogP contribution >= 0.6 is 0 Å². The lowest BCUT2D eigenvalue weighted by Crippen LogP contribution is -2.23. The molecule has 0 aliphatic rings. The van der Waals surface area contributed by atoms with Gasteiger partial charge in [0.2, 0.25) is 0 Å². The smallest absolute Gasteiger partial charge is 0.303 e. The Hall–Kier alpha value is -2.60. The minimum absolute atomic E-state index is 0.0800. The van der Waals surface area contributed by atoms with E-state index in [1.807, 2.05) is 43.3 Å². The third-order valence-corrected chi connectivity index (χ3v) is 2.36. The van der Waals surface area contributed by atoms with Crippen molar-refractivity contribution in [2.75, 3.05) is 6.54 Å². The Balaban J connectivity index is 2.72. The zero-order valence-corrected chi connectivity index (χ0v) is 11.5. The molecular formula is C17H17NO2. The van der Waals surface area contributed by atoms with Crippen LogP contribution in [0.2, 0.25) is 0 Å². The molecule has 0 saturated carbocycles. The number of allylic oxidation sites excluding steroid dienone is 3. The molecule has 3 nitrogen and oxygen atoms in total. The molecule has 0 aromatic heterocycles. The molecule has 0 atom stereocenters. The standard InChI is InChI=1S/C17H17NO2/c1-2-13-18-14-7-12-16(17(19)20)11-6-10-15-8-4-3-5-9-15/h3-12H,2,13H2,1H3. The van der Waals surface area contributed by atoms with Gasteiger partial charge in [0.05, 0.1) is 12.0 Å². The second-order valence-electron chi connectivity index (χ2n) is 4.02. The molecule has 0 bridgehead atoms. The molecule has 0 spiro atoms. The minimum atomic E-state index is -1.23. The lowest BCUT2D eigenvalue weighted by atomic mass is 10.2. The van der Waals surface area contributed by atoms with E-state index in [0.717, 1.165) is 12.0 Å². The monoisotopic (exact) mass is 267 g/mol. The van der Waals surface area contributed by atoms with Crippen LogP contribution in [0.25, 0.3) is 10.9 Å². The highest BCUT2D eigenvalue weighted by molar-refractivity contribution is 5.88. The van der Waals surface area contributed by atoms with Crippen molar-refractivity contribution in [3.63, 3.8) is 0 Å². The van der Waals surface area contributed by atoms with E-state index in [1.165, 1.54) is 18.2 Å². The summed E-state index contributed by atoms with van der Waals surface area (Å²) in [6.45, 7) is 2.69. The number of benzene rings is 1. The first-order valence-corrected chi connectivity index (χ1v) is 6.47. The zero-order valence-electron chi connectivity index (χ0n) is 11.5. The number of aliphatic carboxylic acids is 1. The van der Waals surface area contributed by atoms with Crippen LogP contribution in [-0.4, -0.2) is 12.5 Å². The maximum absolute atomic E-state index is 10.9. The molecule has 0 fully saturated rings. The number of carboxylic acids is 1. The van der Waals surface area contributed by atoms with Gasteiger partial charge in [0, 0.05) is 6.42 Å². The van der Waals surface area contributed by atoms with Crippen LogP contribution in [0.1, 0.15) is 18.9 Å². The molecule has 0 heterocycles. The number of hydrogen-bond acceptors (Lipinski definition) is 2. The number of carbonyl (C=O) groups is 1. The number of carbonyl (C=O) groups excluding carboxylic acids is 1. The van der Waals surface area contributed by atoms with E-state index in [9.17, 15) is 9.90 Å². The average Bonchev–Trinajstić information content (AvgIpc) is 2.46. The van der Waals surface area contributed by atoms with E-state index in [-0.39, 0.29) is 5.57 Å². The van der Waals surface area contributed by atoms with Crippen molar-refractivity contribution in [1.82, 2.24) is 0 Å². The van der Waals surface area contributed by atoms with Gasteiger partial charge in [0.25, 0.3) is 6.54 Å². The molecule has 0 N–H and O–H groups in total. The van der Waals surface area contributed by atoms with Crippen molar-refractivity contribution in [3.05, 3.63) is 70.6 Å². The zero-order chi connectivity index (χ0) is 14.6. The van der Waals surface area contributed by atoms with E-state index in [4.69, 9.17) is 0 Å². The Kier molecular flexibility index (Phi) is 7.22. The Labute approximate surface area is 119 Å². The highest BCUT2D eigenvalue weighted by Crippen LogP contribution is 2.03. The number of hydrogen-bond donors (Lipinski definition) is 0. The van der Waals surface area contributed by atoms with Gasteiger partial charge in [-0.05, 0) is 17.2 Å². The molecule has 3 heteroatoms. The maximum atomic E-state index is 10.9. The van der Waals surface area contributed by atoms with Crippen molar-refractivity contribution in [2.24, 2.45) is 0 Å². The third kappa shape index (κ3) is 6.36. The normalized spacial score (nSPS) is 11.6. The fourth-order valence-corrected chi connectivity index (χ4v) is 1.37. The lowest BCUT2D eigenvalue weighted by Gasteiger charge is -1.99. The summed E-state index contributed by atoms with van der Waals surface area (Å²) in [6.07, 6.45) is 8.82. The summed E-state index contributed by atoms with van der Waals surface area (Å²) in [5, 5.41) is 10.9. The molecule has 0 aliphatic heterocycles. The van der Waals surface area contributed by atoms with Gasteiger partial charge in [-0.3, -0.25) is 0 Å². The Morgan fingerprint density at radius 1 is 1.35 bits per heavy atom. The van der Waals surface area contributed by atoms with Crippen LogP contribution in [0, 0.1) is 6.07 Å². The summed E-state index contributed by atoms with van der Waals surface area (Å²) in [4.78, 5) is 14.9. The van der Waals surface area contributed by atoms with Gasteiger partial charge >= 0.3 is 6.07 Å². The highest BCUT2D eigenvalue weighted by atomic mass is 16.4. The van der Waals surface area contributed by atoms with Crippen LogP contribution in [0.4, 0.5) is 0 Å². The van der Waals surface area contributed by atoms with Crippen molar-refractivity contribution < 1.29 is 9.90 Å². The Bertz CT molecular complexity index is 572. The van der Waals surface area contributed by atoms with Crippen molar-refractivity contribution in [1.29, 1.82) is 0 Å². The van der Waals surface area contributed by atoms with Gasteiger partial charge < -0.3 is 9.90 Å². The van der Waals surface area contributed by atoms with Gasteiger partial charge in [-0.1, -0.05) is 60.3 Å². The fourth-order valence-electron chi connectivity index (χ4n) is 1.37. The SMILES string of the molecule is CCC[N+]#CC=CC(=CC=Cc1ccccc1)C(=O)[O-].